The number of aryl methyl sites for hydroxylation is 4. The Hall–Kier alpha value is -2.22. The third kappa shape index (κ3) is 14.2. The zero-order valence-electron chi connectivity index (χ0n) is 32.6. The third-order valence-corrected chi connectivity index (χ3v) is 9.43. The van der Waals surface area contributed by atoms with E-state index in [1.807, 2.05) is 0 Å². The third-order valence-electron chi connectivity index (χ3n) is 9.43. The van der Waals surface area contributed by atoms with Crippen molar-refractivity contribution in [3.8, 4) is 22.3 Å². The molecule has 0 fully saturated rings. The van der Waals surface area contributed by atoms with Gasteiger partial charge in [-0.05, 0) is 60.8 Å². The molecule has 0 unspecified atom stereocenters. The number of unbranched alkanes of at least 4 members (excludes halogenated alkanes) is 4. The Morgan fingerprint density at radius 3 is 1.15 bits per heavy atom. The Morgan fingerprint density at radius 1 is 0.500 bits per heavy atom. The molecule has 0 N–H and O–H groups in total. The van der Waals surface area contributed by atoms with Crippen LogP contribution in [0, 0.1) is 0 Å². The predicted molar refractivity (Wildman–Crippen MR) is 234 cm³/mol. The van der Waals surface area contributed by atoms with Crippen molar-refractivity contribution in [3.63, 3.8) is 0 Å². The average molecular weight is 827 g/mol. The zero-order chi connectivity index (χ0) is 37.6. The normalized spacial score (nSPS) is 10.5. The van der Waals surface area contributed by atoms with E-state index >= 15 is 0 Å². The van der Waals surface area contributed by atoms with Gasteiger partial charge in [0.2, 0.25) is 0 Å². The van der Waals surface area contributed by atoms with Gasteiger partial charge in [0.1, 0.15) is 0 Å². The van der Waals surface area contributed by atoms with Crippen LogP contribution in [0.1, 0.15) is 101 Å². The van der Waals surface area contributed by atoms with Crippen LogP contribution in [-0.4, -0.2) is 9.52 Å². The molecule has 4 heteroatoms. The number of fused-ring (bicyclic) bond motifs is 2. The second kappa shape index (κ2) is 25.7. The molecule has 274 valence electrons. The Bertz CT molecular complexity index is 1680. The van der Waals surface area contributed by atoms with Gasteiger partial charge >= 0.3 is 37.9 Å². The van der Waals surface area contributed by atoms with Crippen LogP contribution in [0.2, 0.25) is 13.1 Å². The summed E-state index contributed by atoms with van der Waals surface area (Å²) in [5.41, 5.74) is 11.3. The van der Waals surface area contributed by atoms with Gasteiger partial charge in [0, 0.05) is 9.52 Å². The topological polar surface area (TPSA) is 0 Å². The van der Waals surface area contributed by atoms with Crippen LogP contribution in [0.5, 0.6) is 0 Å². The molecule has 0 saturated carbocycles. The Morgan fingerprint density at radius 2 is 0.827 bits per heavy atom. The molecular formula is C48H60Cl2SiZr. The summed E-state index contributed by atoms with van der Waals surface area (Å²) in [6, 6.07) is 41.2. The van der Waals surface area contributed by atoms with Gasteiger partial charge in [-0.25, -0.2) is 0 Å². The van der Waals surface area contributed by atoms with E-state index in [9.17, 15) is 0 Å². The summed E-state index contributed by atoms with van der Waals surface area (Å²) < 4.78 is 0. The maximum atomic E-state index is 4.93. The molecule has 0 bridgehead atoms. The van der Waals surface area contributed by atoms with E-state index in [4.69, 9.17) is 17.0 Å². The molecule has 0 spiro atoms. The predicted octanol–water partition coefficient (Wildman–Crippen LogP) is 16.0. The van der Waals surface area contributed by atoms with Crippen molar-refractivity contribution in [1.29, 1.82) is 0 Å². The van der Waals surface area contributed by atoms with Crippen molar-refractivity contribution in [3.05, 3.63) is 131 Å². The number of benzene rings is 4. The molecule has 0 aliphatic rings. The van der Waals surface area contributed by atoms with E-state index in [1.54, 1.807) is 0 Å². The summed E-state index contributed by atoms with van der Waals surface area (Å²) >= 11 is -0.826. The number of halogens is 2. The first-order valence-corrected chi connectivity index (χ1v) is 27.9. The Balaban J connectivity index is 0.000000244. The average Bonchev–Trinajstić information content (AvgIpc) is 3.80. The summed E-state index contributed by atoms with van der Waals surface area (Å²) in [6.45, 7) is 13.3. The van der Waals surface area contributed by atoms with Crippen LogP contribution in [0.25, 0.3) is 43.8 Å². The first-order valence-electron chi connectivity index (χ1n) is 19.6. The molecule has 0 saturated heterocycles. The van der Waals surface area contributed by atoms with E-state index in [1.165, 1.54) is 143 Å². The molecule has 52 heavy (non-hydrogen) atoms. The van der Waals surface area contributed by atoms with Crippen LogP contribution >= 0.6 is 17.0 Å². The number of hydrogen-bond donors (Lipinski definition) is 0. The van der Waals surface area contributed by atoms with E-state index in [0.717, 1.165) is 9.52 Å². The minimum absolute atomic E-state index is 0.826. The minimum atomic E-state index is -0.826. The van der Waals surface area contributed by atoms with E-state index < -0.39 is 20.8 Å². The molecule has 6 aromatic carbocycles. The fourth-order valence-corrected chi connectivity index (χ4v) is 6.61. The monoisotopic (exact) mass is 824 g/mol. The van der Waals surface area contributed by atoms with Crippen LogP contribution in [0.4, 0.5) is 0 Å². The fourth-order valence-electron chi connectivity index (χ4n) is 6.61. The first-order chi connectivity index (χ1) is 25.5. The second-order valence-electron chi connectivity index (χ2n) is 13.7. The summed E-state index contributed by atoms with van der Waals surface area (Å²) in [7, 11) is 11.0. The molecule has 0 atom stereocenters. The second-order valence-corrected chi connectivity index (χ2v) is 18.5. The van der Waals surface area contributed by atoms with E-state index in [0.29, 0.717) is 0 Å². The summed E-state index contributed by atoms with van der Waals surface area (Å²) in [4.78, 5) is 0. The molecule has 2 radical (unpaired) electrons. The molecule has 0 aliphatic heterocycles. The van der Waals surface area contributed by atoms with Gasteiger partial charge in [-0.15, -0.1) is 69.1 Å². The Labute approximate surface area is 338 Å². The van der Waals surface area contributed by atoms with Crippen LogP contribution in [-0.2, 0) is 46.5 Å². The molecule has 6 rings (SSSR count). The molecule has 0 nitrogen and oxygen atoms in total. The quantitative estimate of drug-likeness (QED) is 0.0758. The molecule has 0 heterocycles. The fraction of sp³-hybridized carbons (Fsp3) is 0.375. The zero-order valence-corrected chi connectivity index (χ0v) is 37.6. The van der Waals surface area contributed by atoms with Gasteiger partial charge in [-0.2, -0.15) is 12.1 Å². The van der Waals surface area contributed by atoms with E-state index in [2.05, 4.69) is 150 Å². The van der Waals surface area contributed by atoms with Gasteiger partial charge in [0.15, 0.2) is 0 Å². The summed E-state index contributed by atoms with van der Waals surface area (Å²) in [5.74, 6) is 0. The van der Waals surface area contributed by atoms with Crippen LogP contribution < -0.4 is 0 Å². The standard InChI is InChI=1S/2C23H27.C2H6Si.2ClH.Zr/c2*1-3-5-8-18-12-14-20(15-13-18)22-11-7-10-21-16-19(9-6-4-2)17-23(21)22;1-3-2;;;/h2*7,10-17H,3-6,8-9H2,1-2H3;1-2H3;2*1H;/q2*-1;;;;+4/p-2. The van der Waals surface area contributed by atoms with Crippen molar-refractivity contribution in [2.75, 3.05) is 0 Å². The Kier molecular flexibility index (Phi) is 21.9. The van der Waals surface area contributed by atoms with Crippen molar-refractivity contribution in [2.45, 2.75) is 118 Å². The van der Waals surface area contributed by atoms with Gasteiger partial charge in [0.05, 0.1) is 0 Å². The maximum absolute atomic E-state index is 4.93. The molecular weight excluding hydrogens is 767 g/mol. The van der Waals surface area contributed by atoms with Crippen molar-refractivity contribution < 1.29 is 20.8 Å². The van der Waals surface area contributed by atoms with Gasteiger partial charge < -0.3 is 0 Å². The van der Waals surface area contributed by atoms with Crippen molar-refractivity contribution >= 4 is 48.1 Å². The van der Waals surface area contributed by atoms with Crippen LogP contribution in [0.15, 0.2) is 109 Å². The molecule has 0 aromatic heterocycles. The first kappa shape index (κ1) is 44.2. The van der Waals surface area contributed by atoms with Gasteiger partial charge in [0.25, 0.3) is 0 Å². The molecule has 0 amide bonds. The SMILES string of the molecule is CCCCc1ccc(-c2cccc3[cH-]c(CCCC)cc23)cc1.CCCCc1ccc(-c2cccc3[cH-]c(CCCC)cc23)cc1.C[Si]C.[Cl][Zr+2][Cl]. The molecule has 0 aliphatic carbocycles. The molecule has 6 aromatic rings. The van der Waals surface area contributed by atoms with E-state index in [-0.39, 0.29) is 0 Å². The van der Waals surface area contributed by atoms with Gasteiger partial charge in [-0.3, -0.25) is 0 Å². The van der Waals surface area contributed by atoms with Crippen molar-refractivity contribution in [1.82, 2.24) is 0 Å². The van der Waals surface area contributed by atoms with Gasteiger partial charge in [-0.1, -0.05) is 151 Å². The van der Waals surface area contributed by atoms with Crippen molar-refractivity contribution in [2.24, 2.45) is 0 Å². The summed E-state index contributed by atoms with van der Waals surface area (Å²) in [5, 5.41) is 5.56. The summed E-state index contributed by atoms with van der Waals surface area (Å²) in [6.07, 6.45) is 14.9. The number of rotatable bonds is 14. The van der Waals surface area contributed by atoms with Crippen LogP contribution in [0.3, 0.4) is 0 Å². The number of hydrogen-bond acceptors (Lipinski definition) is 0.